The van der Waals surface area contributed by atoms with E-state index in [1.807, 2.05) is 39.0 Å². The van der Waals surface area contributed by atoms with Crippen molar-refractivity contribution in [3.63, 3.8) is 0 Å². The topological polar surface area (TPSA) is 90.7 Å². The molecule has 0 aliphatic rings. The van der Waals surface area contributed by atoms with Gasteiger partial charge in [0.15, 0.2) is 12.4 Å². The van der Waals surface area contributed by atoms with E-state index in [-0.39, 0.29) is 24.0 Å². The monoisotopic (exact) mass is 358 g/mol. The van der Waals surface area contributed by atoms with Crippen LogP contribution in [-0.4, -0.2) is 24.5 Å². The van der Waals surface area contributed by atoms with Crippen molar-refractivity contribution in [3.05, 3.63) is 57.6 Å². The van der Waals surface area contributed by atoms with E-state index in [9.17, 15) is 14.9 Å². The Hall–Kier alpha value is -3.09. The van der Waals surface area contributed by atoms with Crippen LogP contribution in [0.1, 0.15) is 30.9 Å². The number of carbonyl (C=O) groups is 1. The number of aryl methyl sites for hydroxylation is 1. The molecule has 0 saturated carbocycles. The summed E-state index contributed by atoms with van der Waals surface area (Å²) in [6.45, 7) is 5.86. The zero-order valence-corrected chi connectivity index (χ0v) is 15.2. The molecular formula is C19H22N2O5. The Kier molecular flexibility index (Phi) is 6.16. The molecule has 2 aromatic rings. The normalized spacial score (nSPS) is 10.5. The quantitative estimate of drug-likeness (QED) is 0.595. The SMILES string of the molecule is COc1ccc(NC(=O)COc2cc(C)ccc2C(C)C)cc1[N+](=O)[O-]. The number of rotatable bonds is 7. The van der Waals surface area contributed by atoms with Gasteiger partial charge in [-0.2, -0.15) is 0 Å². The summed E-state index contributed by atoms with van der Waals surface area (Å²) in [4.78, 5) is 22.6. The molecule has 2 rings (SSSR count). The van der Waals surface area contributed by atoms with E-state index in [4.69, 9.17) is 9.47 Å². The number of methoxy groups -OCH3 is 1. The summed E-state index contributed by atoms with van der Waals surface area (Å²) in [5.74, 6) is 0.653. The molecule has 1 amide bonds. The van der Waals surface area contributed by atoms with Crippen molar-refractivity contribution < 1.29 is 19.2 Å². The van der Waals surface area contributed by atoms with Crippen LogP contribution in [0.5, 0.6) is 11.5 Å². The van der Waals surface area contributed by atoms with Gasteiger partial charge in [-0.1, -0.05) is 26.0 Å². The van der Waals surface area contributed by atoms with Crippen molar-refractivity contribution >= 4 is 17.3 Å². The summed E-state index contributed by atoms with van der Waals surface area (Å²) in [6, 6.07) is 10.1. The lowest BCUT2D eigenvalue weighted by Gasteiger charge is -2.15. The summed E-state index contributed by atoms with van der Waals surface area (Å²) in [7, 11) is 1.35. The van der Waals surface area contributed by atoms with Crippen LogP contribution in [0.15, 0.2) is 36.4 Å². The van der Waals surface area contributed by atoms with Gasteiger partial charge in [0.2, 0.25) is 0 Å². The van der Waals surface area contributed by atoms with Crippen molar-refractivity contribution in [1.29, 1.82) is 0 Å². The first-order valence-electron chi connectivity index (χ1n) is 8.17. The molecule has 2 aromatic carbocycles. The smallest absolute Gasteiger partial charge is 0.312 e. The first-order chi connectivity index (χ1) is 12.3. The summed E-state index contributed by atoms with van der Waals surface area (Å²) in [6.07, 6.45) is 0. The van der Waals surface area contributed by atoms with Gasteiger partial charge in [-0.3, -0.25) is 14.9 Å². The second kappa shape index (κ2) is 8.33. The van der Waals surface area contributed by atoms with Crippen molar-refractivity contribution in [2.45, 2.75) is 26.7 Å². The van der Waals surface area contributed by atoms with Crippen molar-refractivity contribution in [1.82, 2.24) is 0 Å². The van der Waals surface area contributed by atoms with E-state index in [0.29, 0.717) is 11.4 Å². The molecule has 1 N–H and O–H groups in total. The predicted octanol–water partition coefficient (Wildman–Crippen LogP) is 4.05. The molecule has 0 spiro atoms. The molecule has 138 valence electrons. The molecule has 26 heavy (non-hydrogen) atoms. The molecule has 0 aromatic heterocycles. The molecule has 0 atom stereocenters. The van der Waals surface area contributed by atoms with E-state index in [2.05, 4.69) is 5.32 Å². The highest BCUT2D eigenvalue weighted by Gasteiger charge is 2.16. The molecule has 0 fully saturated rings. The number of hydrogen-bond acceptors (Lipinski definition) is 5. The molecule has 0 radical (unpaired) electrons. The van der Waals surface area contributed by atoms with Gasteiger partial charge in [-0.15, -0.1) is 0 Å². The fourth-order valence-electron chi connectivity index (χ4n) is 2.49. The van der Waals surface area contributed by atoms with E-state index in [1.54, 1.807) is 0 Å². The molecule has 7 heteroatoms. The van der Waals surface area contributed by atoms with E-state index in [1.165, 1.54) is 25.3 Å². The summed E-state index contributed by atoms with van der Waals surface area (Å²) in [5, 5.41) is 13.6. The number of nitrogens with zero attached hydrogens (tertiary/aromatic N) is 1. The minimum Gasteiger partial charge on any atom is -0.490 e. The summed E-state index contributed by atoms with van der Waals surface area (Å²) in [5.41, 5.74) is 2.14. The fourth-order valence-corrected chi connectivity index (χ4v) is 2.49. The standard InChI is InChI=1S/C19H22N2O5/c1-12(2)15-7-5-13(3)9-18(15)26-11-19(22)20-14-6-8-17(25-4)16(10-14)21(23)24/h5-10,12H,11H2,1-4H3,(H,20,22). The average Bonchev–Trinajstić information content (AvgIpc) is 2.59. The Bertz CT molecular complexity index is 818. The lowest BCUT2D eigenvalue weighted by Crippen LogP contribution is -2.20. The molecule has 7 nitrogen and oxygen atoms in total. The van der Waals surface area contributed by atoms with E-state index >= 15 is 0 Å². The maximum absolute atomic E-state index is 12.2. The third-order valence-corrected chi connectivity index (χ3v) is 3.81. The molecule has 0 unspecified atom stereocenters. The highest BCUT2D eigenvalue weighted by Crippen LogP contribution is 2.30. The molecule has 0 aliphatic heterocycles. The first-order valence-corrected chi connectivity index (χ1v) is 8.17. The Morgan fingerprint density at radius 3 is 2.54 bits per heavy atom. The van der Waals surface area contributed by atoms with Gasteiger partial charge in [-0.05, 0) is 42.2 Å². The van der Waals surface area contributed by atoms with Crippen molar-refractivity contribution in [3.8, 4) is 11.5 Å². The number of nitrogens with one attached hydrogen (secondary N) is 1. The molecule has 0 aliphatic carbocycles. The fraction of sp³-hybridized carbons (Fsp3) is 0.316. The van der Waals surface area contributed by atoms with Crippen LogP contribution < -0.4 is 14.8 Å². The predicted molar refractivity (Wildman–Crippen MR) is 99.0 cm³/mol. The molecule has 0 saturated heterocycles. The number of carbonyl (C=O) groups excluding carboxylic acids is 1. The third kappa shape index (κ3) is 4.72. The zero-order valence-electron chi connectivity index (χ0n) is 15.2. The Labute approximate surface area is 152 Å². The first kappa shape index (κ1) is 19.2. The number of amides is 1. The van der Waals surface area contributed by atoms with Crippen LogP contribution in [-0.2, 0) is 4.79 Å². The van der Waals surface area contributed by atoms with E-state index in [0.717, 1.165) is 11.1 Å². The van der Waals surface area contributed by atoms with Crippen LogP contribution in [0.2, 0.25) is 0 Å². The van der Waals surface area contributed by atoms with Crippen LogP contribution in [0.3, 0.4) is 0 Å². The van der Waals surface area contributed by atoms with Crippen LogP contribution in [0.25, 0.3) is 0 Å². The van der Waals surface area contributed by atoms with Crippen LogP contribution >= 0.6 is 0 Å². The maximum Gasteiger partial charge on any atom is 0.312 e. The highest BCUT2D eigenvalue weighted by molar-refractivity contribution is 5.92. The number of anilines is 1. The highest BCUT2D eigenvalue weighted by atomic mass is 16.6. The van der Waals surface area contributed by atoms with Gasteiger partial charge in [0, 0.05) is 11.8 Å². The number of benzene rings is 2. The number of nitro groups is 1. The van der Waals surface area contributed by atoms with Gasteiger partial charge in [0.1, 0.15) is 5.75 Å². The third-order valence-electron chi connectivity index (χ3n) is 3.81. The van der Waals surface area contributed by atoms with Crippen LogP contribution in [0, 0.1) is 17.0 Å². The Balaban J connectivity index is 2.07. The van der Waals surface area contributed by atoms with Gasteiger partial charge < -0.3 is 14.8 Å². The van der Waals surface area contributed by atoms with Gasteiger partial charge >= 0.3 is 5.69 Å². The Morgan fingerprint density at radius 2 is 1.92 bits per heavy atom. The lowest BCUT2D eigenvalue weighted by molar-refractivity contribution is -0.385. The van der Waals surface area contributed by atoms with Crippen molar-refractivity contribution in [2.75, 3.05) is 19.0 Å². The second-order valence-electron chi connectivity index (χ2n) is 6.18. The number of nitro benzene ring substituents is 1. The minimum atomic E-state index is -0.563. The summed E-state index contributed by atoms with van der Waals surface area (Å²) < 4.78 is 10.6. The van der Waals surface area contributed by atoms with Gasteiger partial charge in [0.05, 0.1) is 12.0 Å². The molecule has 0 heterocycles. The van der Waals surface area contributed by atoms with Gasteiger partial charge in [-0.25, -0.2) is 0 Å². The van der Waals surface area contributed by atoms with Crippen LogP contribution in [0.4, 0.5) is 11.4 Å². The van der Waals surface area contributed by atoms with Gasteiger partial charge in [0.25, 0.3) is 5.91 Å². The van der Waals surface area contributed by atoms with E-state index < -0.39 is 10.8 Å². The number of ether oxygens (including phenoxy) is 2. The lowest BCUT2D eigenvalue weighted by atomic mass is 10.0. The average molecular weight is 358 g/mol. The maximum atomic E-state index is 12.2. The van der Waals surface area contributed by atoms with Crippen molar-refractivity contribution in [2.24, 2.45) is 0 Å². The summed E-state index contributed by atoms with van der Waals surface area (Å²) >= 11 is 0. The zero-order chi connectivity index (χ0) is 19.3. The second-order valence-corrected chi connectivity index (χ2v) is 6.18. The molecular weight excluding hydrogens is 336 g/mol. The minimum absolute atomic E-state index is 0.130. The number of hydrogen-bond donors (Lipinski definition) is 1. The largest absolute Gasteiger partial charge is 0.490 e. The Morgan fingerprint density at radius 1 is 1.19 bits per heavy atom. The molecule has 0 bridgehead atoms.